The standard InChI is InChI=1S/C21H27NO4S2/c1-15(2)13-26-19-6-4-17(5-7-19)21(23)22(12-20-16(3)8-10-27-20)18-9-11-28(24,25)14-18/h4-8,10,15,18H,9,11-14H2,1-3H3. The van der Waals surface area contributed by atoms with Crippen molar-refractivity contribution in [1.29, 1.82) is 0 Å². The molecule has 0 aliphatic carbocycles. The first-order chi connectivity index (χ1) is 13.2. The minimum Gasteiger partial charge on any atom is -0.493 e. The summed E-state index contributed by atoms with van der Waals surface area (Å²) in [7, 11) is -3.08. The molecule has 5 nitrogen and oxygen atoms in total. The largest absolute Gasteiger partial charge is 0.493 e. The molecule has 1 aliphatic heterocycles. The minimum atomic E-state index is -3.08. The third-order valence-electron chi connectivity index (χ3n) is 4.88. The van der Waals surface area contributed by atoms with Gasteiger partial charge in [0.05, 0.1) is 24.7 Å². The van der Waals surface area contributed by atoms with Crippen molar-refractivity contribution in [2.45, 2.75) is 39.8 Å². The maximum absolute atomic E-state index is 13.3. The zero-order valence-corrected chi connectivity index (χ0v) is 18.2. The van der Waals surface area contributed by atoms with Gasteiger partial charge in [0.2, 0.25) is 0 Å². The van der Waals surface area contributed by atoms with Gasteiger partial charge in [0.25, 0.3) is 5.91 Å². The second kappa shape index (κ2) is 8.66. The molecule has 1 unspecified atom stereocenters. The summed E-state index contributed by atoms with van der Waals surface area (Å²) in [4.78, 5) is 16.1. The maximum Gasteiger partial charge on any atom is 0.254 e. The quantitative estimate of drug-likeness (QED) is 0.680. The molecule has 0 bridgehead atoms. The highest BCUT2D eigenvalue weighted by Gasteiger charge is 2.35. The fourth-order valence-electron chi connectivity index (χ4n) is 3.23. The first-order valence-corrected chi connectivity index (χ1v) is 12.2. The highest BCUT2D eigenvalue weighted by Crippen LogP contribution is 2.26. The Kier molecular flexibility index (Phi) is 6.45. The Morgan fingerprint density at radius 2 is 1.96 bits per heavy atom. The Hall–Kier alpha value is -1.86. The van der Waals surface area contributed by atoms with Crippen molar-refractivity contribution in [2.75, 3.05) is 18.1 Å². The predicted octanol–water partition coefficient (Wildman–Crippen LogP) is 3.92. The van der Waals surface area contributed by atoms with Crippen molar-refractivity contribution in [3.8, 4) is 5.75 Å². The molecule has 1 aliphatic rings. The van der Waals surface area contributed by atoms with Gasteiger partial charge in [0.1, 0.15) is 5.75 Å². The average molecular weight is 422 g/mol. The van der Waals surface area contributed by atoms with Crippen LogP contribution in [0, 0.1) is 12.8 Å². The van der Waals surface area contributed by atoms with Gasteiger partial charge in [-0.1, -0.05) is 13.8 Å². The molecule has 7 heteroatoms. The zero-order chi connectivity index (χ0) is 20.3. The lowest BCUT2D eigenvalue weighted by molar-refractivity contribution is 0.0683. The van der Waals surface area contributed by atoms with E-state index in [-0.39, 0.29) is 23.5 Å². The molecule has 0 spiro atoms. The molecule has 3 rings (SSSR count). The summed E-state index contributed by atoms with van der Waals surface area (Å²) >= 11 is 1.60. The number of thiophene rings is 1. The highest BCUT2D eigenvalue weighted by atomic mass is 32.2. The van der Waals surface area contributed by atoms with Gasteiger partial charge in [-0.05, 0) is 60.5 Å². The summed E-state index contributed by atoms with van der Waals surface area (Å²) in [6.45, 7) is 7.24. The van der Waals surface area contributed by atoms with E-state index in [0.29, 0.717) is 31.1 Å². The number of hydrogen-bond donors (Lipinski definition) is 0. The topological polar surface area (TPSA) is 63.7 Å². The third-order valence-corrected chi connectivity index (χ3v) is 7.63. The van der Waals surface area contributed by atoms with Gasteiger partial charge in [-0.2, -0.15) is 0 Å². The average Bonchev–Trinajstić information content (AvgIpc) is 3.22. The van der Waals surface area contributed by atoms with E-state index in [1.807, 2.05) is 18.4 Å². The molecule has 1 fully saturated rings. The molecule has 0 N–H and O–H groups in total. The van der Waals surface area contributed by atoms with Crippen LogP contribution in [0.2, 0.25) is 0 Å². The summed E-state index contributed by atoms with van der Waals surface area (Å²) in [5.41, 5.74) is 1.68. The molecule has 2 heterocycles. The molecule has 2 aromatic rings. The minimum absolute atomic E-state index is 0.0404. The lowest BCUT2D eigenvalue weighted by Gasteiger charge is -2.28. The van der Waals surface area contributed by atoms with Crippen molar-refractivity contribution in [1.82, 2.24) is 4.90 Å². The van der Waals surface area contributed by atoms with Gasteiger partial charge >= 0.3 is 0 Å². The number of hydrogen-bond acceptors (Lipinski definition) is 5. The number of carbonyl (C=O) groups excluding carboxylic acids is 1. The Morgan fingerprint density at radius 1 is 1.25 bits per heavy atom. The maximum atomic E-state index is 13.3. The molecule has 1 aromatic carbocycles. The number of aryl methyl sites for hydroxylation is 1. The molecule has 0 saturated carbocycles. The molecule has 1 aromatic heterocycles. The van der Waals surface area contributed by atoms with Crippen LogP contribution in [-0.4, -0.2) is 43.4 Å². The van der Waals surface area contributed by atoms with E-state index in [4.69, 9.17) is 4.74 Å². The van der Waals surface area contributed by atoms with Gasteiger partial charge < -0.3 is 9.64 Å². The van der Waals surface area contributed by atoms with E-state index < -0.39 is 9.84 Å². The normalized spacial score (nSPS) is 18.4. The predicted molar refractivity (Wildman–Crippen MR) is 113 cm³/mol. The summed E-state index contributed by atoms with van der Waals surface area (Å²) in [5, 5.41) is 2.00. The number of sulfone groups is 1. The van der Waals surface area contributed by atoms with Gasteiger partial charge in [-0.15, -0.1) is 11.3 Å². The van der Waals surface area contributed by atoms with E-state index in [1.165, 1.54) is 0 Å². The Balaban J connectivity index is 1.80. The highest BCUT2D eigenvalue weighted by molar-refractivity contribution is 7.91. The van der Waals surface area contributed by atoms with E-state index >= 15 is 0 Å². The summed E-state index contributed by atoms with van der Waals surface area (Å²) in [6.07, 6.45) is 0.494. The van der Waals surface area contributed by atoms with Crippen molar-refractivity contribution in [3.63, 3.8) is 0 Å². The van der Waals surface area contributed by atoms with Crippen LogP contribution < -0.4 is 4.74 Å². The van der Waals surface area contributed by atoms with E-state index in [2.05, 4.69) is 13.8 Å². The monoisotopic (exact) mass is 421 g/mol. The molecule has 152 valence electrons. The molecule has 0 radical (unpaired) electrons. The molecule has 28 heavy (non-hydrogen) atoms. The summed E-state index contributed by atoms with van der Waals surface area (Å²) < 4.78 is 29.7. The zero-order valence-electron chi connectivity index (χ0n) is 16.6. The number of carbonyl (C=O) groups is 1. The van der Waals surface area contributed by atoms with E-state index in [1.54, 1.807) is 40.5 Å². The number of ether oxygens (including phenoxy) is 1. The number of amides is 1. The van der Waals surface area contributed by atoms with Crippen LogP contribution in [0.25, 0.3) is 0 Å². The second-order valence-corrected chi connectivity index (χ2v) is 11.0. The molecule has 1 saturated heterocycles. The van der Waals surface area contributed by atoms with Crippen molar-refractivity contribution < 1.29 is 17.9 Å². The lowest BCUT2D eigenvalue weighted by Crippen LogP contribution is -2.40. The summed E-state index contributed by atoms with van der Waals surface area (Å²) in [5.74, 6) is 1.21. The van der Waals surface area contributed by atoms with Crippen molar-refractivity contribution in [2.24, 2.45) is 5.92 Å². The molecule has 1 atom stereocenters. The Bertz CT molecular complexity index is 916. The van der Waals surface area contributed by atoms with E-state index in [0.717, 1.165) is 16.2 Å². The van der Waals surface area contributed by atoms with Gasteiger partial charge in [0.15, 0.2) is 9.84 Å². The van der Waals surface area contributed by atoms with Crippen molar-refractivity contribution in [3.05, 3.63) is 51.7 Å². The van der Waals surface area contributed by atoms with Crippen LogP contribution in [0.3, 0.4) is 0 Å². The van der Waals surface area contributed by atoms with Crippen LogP contribution in [0.1, 0.15) is 41.1 Å². The molecule has 1 amide bonds. The number of benzene rings is 1. The smallest absolute Gasteiger partial charge is 0.254 e. The fourth-order valence-corrected chi connectivity index (χ4v) is 5.87. The van der Waals surface area contributed by atoms with E-state index in [9.17, 15) is 13.2 Å². The van der Waals surface area contributed by atoms with Gasteiger partial charge in [0, 0.05) is 16.5 Å². The van der Waals surface area contributed by atoms with Crippen LogP contribution in [-0.2, 0) is 16.4 Å². The second-order valence-electron chi connectivity index (χ2n) is 7.75. The first-order valence-electron chi connectivity index (χ1n) is 9.52. The van der Waals surface area contributed by atoms with Gasteiger partial charge in [-0.25, -0.2) is 8.42 Å². The van der Waals surface area contributed by atoms with Gasteiger partial charge in [-0.3, -0.25) is 4.79 Å². The lowest BCUT2D eigenvalue weighted by atomic mass is 10.1. The summed E-state index contributed by atoms with van der Waals surface area (Å²) in [6, 6.07) is 8.86. The van der Waals surface area contributed by atoms with Crippen LogP contribution in [0.15, 0.2) is 35.7 Å². The van der Waals surface area contributed by atoms with Crippen LogP contribution in [0.5, 0.6) is 5.75 Å². The number of nitrogens with zero attached hydrogens (tertiary/aromatic N) is 1. The van der Waals surface area contributed by atoms with Crippen LogP contribution >= 0.6 is 11.3 Å². The Labute approximate surface area is 171 Å². The molecular weight excluding hydrogens is 394 g/mol. The molecular formula is C21H27NO4S2. The number of rotatable bonds is 7. The fraction of sp³-hybridized carbons (Fsp3) is 0.476. The van der Waals surface area contributed by atoms with Crippen molar-refractivity contribution >= 4 is 27.1 Å². The Morgan fingerprint density at radius 3 is 2.50 bits per heavy atom. The third kappa shape index (κ3) is 5.14. The SMILES string of the molecule is Cc1ccsc1CN(C(=O)c1ccc(OCC(C)C)cc1)C1CCS(=O)(=O)C1. The first kappa shape index (κ1) is 20.9. The van der Waals surface area contributed by atoms with Crippen LogP contribution in [0.4, 0.5) is 0 Å².